The minimum Gasteiger partial charge on any atom is -0.265 e. The molecule has 0 amide bonds. The number of benzene rings is 2. The first kappa shape index (κ1) is 11.4. The Morgan fingerprint density at radius 1 is 0.789 bits per heavy atom. The largest absolute Gasteiger partial charge is 0.265 e. The standard InChI is InChI=1S/C16H13N3/c1-2-4-13(5-3-1)6-7-14-8-10-15(11-9-14)16-12-17-19-18-16/h1-12H,(H,17,18,19). The number of aromatic amines is 1. The highest BCUT2D eigenvalue weighted by Gasteiger charge is 1.99. The molecule has 3 rings (SSSR count). The van der Waals surface area contributed by atoms with E-state index in [1.807, 2.05) is 30.3 Å². The minimum absolute atomic E-state index is 0.860. The van der Waals surface area contributed by atoms with E-state index in [4.69, 9.17) is 0 Å². The Hall–Kier alpha value is -2.68. The maximum absolute atomic E-state index is 3.99. The van der Waals surface area contributed by atoms with Gasteiger partial charge in [-0.05, 0) is 11.1 Å². The van der Waals surface area contributed by atoms with Crippen molar-refractivity contribution < 1.29 is 0 Å². The normalized spacial score (nSPS) is 10.9. The van der Waals surface area contributed by atoms with Crippen molar-refractivity contribution in [2.45, 2.75) is 0 Å². The third-order valence-electron chi connectivity index (χ3n) is 2.89. The van der Waals surface area contributed by atoms with Gasteiger partial charge in [0.1, 0.15) is 5.69 Å². The minimum atomic E-state index is 0.860. The summed E-state index contributed by atoms with van der Waals surface area (Å²) in [6, 6.07) is 18.5. The van der Waals surface area contributed by atoms with Crippen LogP contribution in [0.25, 0.3) is 23.4 Å². The van der Waals surface area contributed by atoms with Crippen molar-refractivity contribution in [2.24, 2.45) is 0 Å². The Morgan fingerprint density at radius 2 is 1.47 bits per heavy atom. The van der Waals surface area contributed by atoms with E-state index < -0.39 is 0 Å². The summed E-state index contributed by atoms with van der Waals surface area (Å²) >= 11 is 0. The van der Waals surface area contributed by atoms with Gasteiger partial charge < -0.3 is 0 Å². The van der Waals surface area contributed by atoms with Gasteiger partial charge in [-0.2, -0.15) is 0 Å². The van der Waals surface area contributed by atoms with Crippen LogP contribution in [0.2, 0.25) is 0 Å². The van der Waals surface area contributed by atoms with Gasteiger partial charge in [0, 0.05) is 11.8 Å². The molecule has 0 aliphatic heterocycles. The summed E-state index contributed by atoms with van der Waals surface area (Å²) in [6.45, 7) is 0. The van der Waals surface area contributed by atoms with Crippen molar-refractivity contribution in [1.29, 1.82) is 0 Å². The summed E-state index contributed by atoms with van der Waals surface area (Å²) in [7, 11) is 0. The second-order valence-corrected chi connectivity index (χ2v) is 4.22. The monoisotopic (exact) mass is 247 g/mol. The lowest BCUT2D eigenvalue weighted by Gasteiger charge is -1.97. The molecule has 3 nitrogen and oxygen atoms in total. The SMILES string of the molecule is C(=Cc1ccc(-c2c[nH]nn2)cc1)c1ccccc1. The van der Waals surface area contributed by atoms with Crippen molar-refractivity contribution in [2.75, 3.05) is 0 Å². The molecular weight excluding hydrogens is 234 g/mol. The molecule has 0 bridgehead atoms. The first-order valence-corrected chi connectivity index (χ1v) is 6.12. The Balaban J connectivity index is 1.78. The molecule has 2 aromatic carbocycles. The fraction of sp³-hybridized carbons (Fsp3) is 0. The molecule has 0 saturated heterocycles. The van der Waals surface area contributed by atoms with Crippen LogP contribution in [-0.4, -0.2) is 15.4 Å². The van der Waals surface area contributed by atoms with Crippen molar-refractivity contribution in [3.8, 4) is 11.3 Å². The molecule has 0 atom stereocenters. The molecule has 0 spiro atoms. The summed E-state index contributed by atoms with van der Waals surface area (Å²) in [5.74, 6) is 0. The summed E-state index contributed by atoms with van der Waals surface area (Å²) in [5, 5.41) is 10.4. The Labute approximate surface area is 111 Å². The maximum Gasteiger partial charge on any atom is 0.112 e. The summed E-state index contributed by atoms with van der Waals surface area (Å²) in [4.78, 5) is 0. The zero-order valence-electron chi connectivity index (χ0n) is 10.3. The summed E-state index contributed by atoms with van der Waals surface area (Å²) < 4.78 is 0. The van der Waals surface area contributed by atoms with Gasteiger partial charge in [0.25, 0.3) is 0 Å². The maximum atomic E-state index is 3.99. The Kier molecular flexibility index (Phi) is 3.19. The molecule has 0 radical (unpaired) electrons. The van der Waals surface area contributed by atoms with Crippen LogP contribution in [0.5, 0.6) is 0 Å². The molecule has 0 fully saturated rings. The number of nitrogens with zero attached hydrogens (tertiary/aromatic N) is 2. The number of hydrogen-bond donors (Lipinski definition) is 1. The Bertz CT molecular complexity index is 653. The first-order chi connectivity index (χ1) is 9.42. The molecule has 3 heteroatoms. The molecule has 1 N–H and O–H groups in total. The van der Waals surface area contributed by atoms with Gasteiger partial charge in [-0.15, -0.1) is 5.10 Å². The van der Waals surface area contributed by atoms with Crippen molar-refractivity contribution in [3.05, 3.63) is 71.9 Å². The van der Waals surface area contributed by atoms with Crippen LogP contribution >= 0.6 is 0 Å². The van der Waals surface area contributed by atoms with E-state index in [1.165, 1.54) is 5.56 Å². The predicted octanol–water partition coefficient (Wildman–Crippen LogP) is 3.64. The van der Waals surface area contributed by atoms with E-state index in [1.54, 1.807) is 6.20 Å². The highest BCUT2D eigenvalue weighted by Crippen LogP contribution is 2.17. The van der Waals surface area contributed by atoms with E-state index in [0.29, 0.717) is 0 Å². The molecule has 19 heavy (non-hydrogen) atoms. The van der Waals surface area contributed by atoms with Gasteiger partial charge >= 0.3 is 0 Å². The summed E-state index contributed by atoms with van der Waals surface area (Å²) in [5.41, 5.74) is 4.28. The van der Waals surface area contributed by atoms with Gasteiger partial charge in [-0.1, -0.05) is 72.0 Å². The summed E-state index contributed by atoms with van der Waals surface area (Å²) in [6.07, 6.45) is 5.99. The highest BCUT2D eigenvalue weighted by atomic mass is 15.3. The molecule has 0 unspecified atom stereocenters. The lowest BCUT2D eigenvalue weighted by atomic mass is 10.1. The van der Waals surface area contributed by atoms with Gasteiger partial charge in [-0.3, -0.25) is 5.10 Å². The van der Waals surface area contributed by atoms with Gasteiger partial charge in [0.15, 0.2) is 0 Å². The fourth-order valence-corrected chi connectivity index (χ4v) is 1.86. The van der Waals surface area contributed by atoms with E-state index in [0.717, 1.165) is 16.8 Å². The van der Waals surface area contributed by atoms with Crippen molar-refractivity contribution in [3.63, 3.8) is 0 Å². The fourth-order valence-electron chi connectivity index (χ4n) is 1.86. The lowest BCUT2D eigenvalue weighted by Crippen LogP contribution is -1.78. The third-order valence-corrected chi connectivity index (χ3v) is 2.89. The quantitative estimate of drug-likeness (QED) is 0.718. The predicted molar refractivity (Wildman–Crippen MR) is 77.2 cm³/mol. The van der Waals surface area contributed by atoms with Crippen molar-refractivity contribution >= 4 is 12.2 Å². The molecule has 1 aromatic heterocycles. The van der Waals surface area contributed by atoms with Crippen LogP contribution in [0, 0.1) is 0 Å². The number of hydrogen-bond acceptors (Lipinski definition) is 2. The average molecular weight is 247 g/mol. The zero-order chi connectivity index (χ0) is 12.9. The van der Waals surface area contributed by atoms with Crippen LogP contribution < -0.4 is 0 Å². The highest BCUT2D eigenvalue weighted by molar-refractivity contribution is 5.71. The van der Waals surface area contributed by atoms with Gasteiger partial charge in [-0.25, -0.2) is 0 Å². The van der Waals surface area contributed by atoms with E-state index in [2.05, 4.69) is 51.8 Å². The number of H-pyrrole nitrogens is 1. The zero-order valence-corrected chi connectivity index (χ0v) is 10.3. The topological polar surface area (TPSA) is 41.6 Å². The average Bonchev–Trinajstić information content (AvgIpc) is 3.01. The molecule has 92 valence electrons. The van der Waals surface area contributed by atoms with Crippen LogP contribution in [0.3, 0.4) is 0 Å². The molecule has 0 aliphatic rings. The molecule has 0 saturated carbocycles. The molecule has 0 aliphatic carbocycles. The van der Waals surface area contributed by atoms with Crippen LogP contribution in [0.1, 0.15) is 11.1 Å². The Morgan fingerprint density at radius 3 is 2.11 bits per heavy atom. The first-order valence-electron chi connectivity index (χ1n) is 6.12. The van der Waals surface area contributed by atoms with E-state index in [9.17, 15) is 0 Å². The molecular formula is C16H13N3. The van der Waals surface area contributed by atoms with E-state index >= 15 is 0 Å². The van der Waals surface area contributed by atoms with Gasteiger partial charge in [0.05, 0.1) is 0 Å². The molecule has 1 heterocycles. The number of nitrogens with one attached hydrogen (secondary N) is 1. The van der Waals surface area contributed by atoms with Crippen LogP contribution in [0.15, 0.2) is 60.8 Å². The second-order valence-electron chi connectivity index (χ2n) is 4.22. The second kappa shape index (κ2) is 5.31. The van der Waals surface area contributed by atoms with Gasteiger partial charge in [0.2, 0.25) is 0 Å². The molecule has 3 aromatic rings. The smallest absolute Gasteiger partial charge is 0.112 e. The van der Waals surface area contributed by atoms with Crippen LogP contribution in [-0.2, 0) is 0 Å². The number of aromatic nitrogens is 3. The number of rotatable bonds is 3. The van der Waals surface area contributed by atoms with E-state index in [-0.39, 0.29) is 0 Å². The van der Waals surface area contributed by atoms with Crippen molar-refractivity contribution in [1.82, 2.24) is 15.4 Å². The lowest BCUT2D eigenvalue weighted by molar-refractivity contribution is 0.942. The van der Waals surface area contributed by atoms with Crippen LogP contribution in [0.4, 0.5) is 0 Å². The third kappa shape index (κ3) is 2.77.